The Bertz CT molecular complexity index is 386. The molecule has 15 heavy (non-hydrogen) atoms. The van der Waals surface area contributed by atoms with Gasteiger partial charge in [-0.15, -0.1) is 12.4 Å². The molecule has 1 saturated heterocycles. The molecule has 1 aliphatic rings. The number of ether oxygens (including phenoxy) is 1. The first-order chi connectivity index (χ1) is 6.66. The molecule has 0 radical (unpaired) electrons. The van der Waals surface area contributed by atoms with Gasteiger partial charge in [-0.25, -0.2) is 13.6 Å². The van der Waals surface area contributed by atoms with Crippen molar-refractivity contribution in [2.45, 2.75) is 6.04 Å². The fraction of sp³-hybridized carbons (Fsp3) is 0.222. The maximum atomic E-state index is 13.2. The molecule has 0 aliphatic carbocycles. The molecule has 0 saturated carbocycles. The number of carbonyl (C=O) groups excluding carboxylic acids is 1. The number of rotatable bonds is 1. The van der Waals surface area contributed by atoms with Crippen LogP contribution >= 0.6 is 12.4 Å². The van der Waals surface area contributed by atoms with Crippen LogP contribution < -0.4 is 5.32 Å². The van der Waals surface area contributed by atoms with Crippen LogP contribution in [0.1, 0.15) is 11.6 Å². The molecule has 1 atom stereocenters. The number of nitrogens with one attached hydrogen (secondary N) is 1. The van der Waals surface area contributed by atoms with Crippen LogP contribution in [0.5, 0.6) is 0 Å². The summed E-state index contributed by atoms with van der Waals surface area (Å²) in [7, 11) is 0. The normalized spacial score (nSPS) is 19.1. The van der Waals surface area contributed by atoms with Gasteiger partial charge in [-0.2, -0.15) is 0 Å². The van der Waals surface area contributed by atoms with E-state index in [1.165, 1.54) is 0 Å². The number of alkyl carbamates (subject to hydrolysis) is 1. The van der Waals surface area contributed by atoms with Crippen molar-refractivity contribution in [3.63, 3.8) is 0 Å². The smallest absolute Gasteiger partial charge is 0.407 e. The van der Waals surface area contributed by atoms with Crippen molar-refractivity contribution < 1.29 is 18.3 Å². The number of hydrogen-bond donors (Lipinski definition) is 1. The van der Waals surface area contributed by atoms with Gasteiger partial charge < -0.3 is 10.1 Å². The lowest BCUT2D eigenvalue weighted by atomic mass is 10.1. The fourth-order valence-electron chi connectivity index (χ4n) is 1.33. The Morgan fingerprint density at radius 2 is 2.13 bits per heavy atom. The lowest BCUT2D eigenvalue weighted by molar-refractivity contribution is 0.176. The van der Waals surface area contributed by atoms with Crippen molar-refractivity contribution in [2.24, 2.45) is 0 Å². The summed E-state index contributed by atoms with van der Waals surface area (Å²) in [4.78, 5) is 10.7. The third-order valence-corrected chi connectivity index (χ3v) is 2.01. The lowest BCUT2D eigenvalue weighted by Gasteiger charge is -2.08. The summed E-state index contributed by atoms with van der Waals surface area (Å²) >= 11 is 0. The molecule has 0 aromatic heterocycles. The van der Waals surface area contributed by atoms with Gasteiger partial charge >= 0.3 is 6.09 Å². The molecule has 1 N–H and O–H groups in total. The van der Waals surface area contributed by atoms with Gasteiger partial charge in [-0.3, -0.25) is 0 Å². The van der Waals surface area contributed by atoms with Crippen molar-refractivity contribution >= 4 is 18.5 Å². The van der Waals surface area contributed by atoms with E-state index < -0.39 is 23.8 Å². The standard InChI is InChI=1S/C9H7F2NO2.ClH/c10-5-1-2-7(11)6(3-5)8-4-14-9(13)12-8;/h1-3,8H,4H2,(H,12,13);1H/t8-;/m1./s1. The molecule has 82 valence electrons. The van der Waals surface area contributed by atoms with Gasteiger partial charge in [-0.1, -0.05) is 0 Å². The quantitative estimate of drug-likeness (QED) is 0.810. The van der Waals surface area contributed by atoms with Gasteiger partial charge in [0.25, 0.3) is 0 Å². The molecular weight excluding hydrogens is 228 g/mol. The molecule has 1 aromatic rings. The Hall–Kier alpha value is -1.36. The van der Waals surface area contributed by atoms with Crippen LogP contribution in [-0.4, -0.2) is 12.7 Å². The predicted molar refractivity (Wildman–Crippen MR) is 50.8 cm³/mol. The van der Waals surface area contributed by atoms with Crippen LogP contribution in [0.2, 0.25) is 0 Å². The number of benzene rings is 1. The Morgan fingerprint density at radius 3 is 2.73 bits per heavy atom. The molecule has 1 fully saturated rings. The minimum atomic E-state index is -0.612. The number of amides is 1. The molecule has 6 heteroatoms. The summed E-state index contributed by atoms with van der Waals surface area (Å²) < 4.78 is 30.5. The van der Waals surface area contributed by atoms with E-state index in [9.17, 15) is 13.6 Å². The number of halogens is 3. The van der Waals surface area contributed by atoms with E-state index in [0.29, 0.717) is 0 Å². The Kier molecular flexibility index (Phi) is 3.47. The highest BCUT2D eigenvalue weighted by Gasteiger charge is 2.26. The van der Waals surface area contributed by atoms with E-state index in [0.717, 1.165) is 18.2 Å². The summed E-state index contributed by atoms with van der Waals surface area (Å²) in [6.07, 6.45) is -0.612. The van der Waals surface area contributed by atoms with Crippen LogP contribution in [0.15, 0.2) is 18.2 Å². The van der Waals surface area contributed by atoms with Crippen LogP contribution in [0, 0.1) is 11.6 Å². The zero-order chi connectivity index (χ0) is 10.1. The summed E-state index contributed by atoms with van der Waals surface area (Å²) in [5.74, 6) is -1.09. The Morgan fingerprint density at radius 1 is 1.40 bits per heavy atom. The molecule has 1 aromatic carbocycles. The van der Waals surface area contributed by atoms with E-state index in [4.69, 9.17) is 0 Å². The zero-order valence-electron chi connectivity index (χ0n) is 7.50. The lowest BCUT2D eigenvalue weighted by Crippen LogP contribution is -2.19. The van der Waals surface area contributed by atoms with Crippen molar-refractivity contribution in [2.75, 3.05) is 6.61 Å². The molecule has 1 aliphatic heterocycles. The first-order valence-corrected chi connectivity index (χ1v) is 4.05. The minimum Gasteiger partial charge on any atom is -0.447 e. The predicted octanol–water partition coefficient (Wildman–Crippen LogP) is 2.17. The Balaban J connectivity index is 0.00000112. The SMILES string of the molecule is Cl.O=C1N[C@@H](c2cc(F)ccc2F)CO1. The summed E-state index contributed by atoms with van der Waals surface area (Å²) in [6, 6.07) is 2.50. The second-order valence-electron chi connectivity index (χ2n) is 2.96. The third-order valence-electron chi connectivity index (χ3n) is 2.01. The maximum absolute atomic E-state index is 13.2. The van der Waals surface area contributed by atoms with Crippen LogP contribution in [0.3, 0.4) is 0 Å². The molecular formula is C9H8ClF2NO2. The highest BCUT2D eigenvalue weighted by atomic mass is 35.5. The highest BCUT2D eigenvalue weighted by Crippen LogP contribution is 2.21. The van der Waals surface area contributed by atoms with Gasteiger partial charge in [0, 0.05) is 5.56 Å². The minimum absolute atomic E-state index is 0. The fourth-order valence-corrected chi connectivity index (χ4v) is 1.33. The van der Waals surface area contributed by atoms with Gasteiger partial charge in [0.05, 0.1) is 6.04 Å². The maximum Gasteiger partial charge on any atom is 0.407 e. The van der Waals surface area contributed by atoms with E-state index in [-0.39, 0.29) is 24.6 Å². The van der Waals surface area contributed by atoms with Crippen molar-refractivity contribution in [1.82, 2.24) is 5.32 Å². The largest absolute Gasteiger partial charge is 0.447 e. The van der Waals surface area contributed by atoms with Crippen molar-refractivity contribution in [3.8, 4) is 0 Å². The molecule has 2 rings (SSSR count). The first kappa shape index (κ1) is 11.7. The van der Waals surface area contributed by atoms with E-state index >= 15 is 0 Å². The molecule has 1 heterocycles. The van der Waals surface area contributed by atoms with E-state index in [2.05, 4.69) is 10.1 Å². The van der Waals surface area contributed by atoms with E-state index in [1.54, 1.807) is 0 Å². The summed E-state index contributed by atoms with van der Waals surface area (Å²) in [5, 5.41) is 2.37. The van der Waals surface area contributed by atoms with Crippen LogP contribution in [0.4, 0.5) is 13.6 Å². The molecule has 0 unspecified atom stereocenters. The van der Waals surface area contributed by atoms with Crippen LogP contribution in [0.25, 0.3) is 0 Å². The highest BCUT2D eigenvalue weighted by molar-refractivity contribution is 5.85. The zero-order valence-corrected chi connectivity index (χ0v) is 8.31. The molecule has 0 spiro atoms. The second-order valence-corrected chi connectivity index (χ2v) is 2.96. The van der Waals surface area contributed by atoms with Crippen LogP contribution in [-0.2, 0) is 4.74 Å². The number of hydrogen-bond acceptors (Lipinski definition) is 2. The molecule has 0 bridgehead atoms. The van der Waals surface area contributed by atoms with Gasteiger partial charge in [-0.05, 0) is 18.2 Å². The average molecular weight is 236 g/mol. The molecule has 1 amide bonds. The summed E-state index contributed by atoms with van der Waals surface area (Å²) in [6.45, 7) is 0.0270. The first-order valence-electron chi connectivity index (χ1n) is 4.05. The topological polar surface area (TPSA) is 38.3 Å². The van der Waals surface area contributed by atoms with Gasteiger partial charge in [0.15, 0.2) is 0 Å². The van der Waals surface area contributed by atoms with E-state index in [1.807, 2.05) is 0 Å². The average Bonchev–Trinajstić information content (AvgIpc) is 2.56. The van der Waals surface area contributed by atoms with Crippen molar-refractivity contribution in [3.05, 3.63) is 35.4 Å². The monoisotopic (exact) mass is 235 g/mol. The number of carbonyl (C=O) groups is 1. The Labute approximate surface area is 90.8 Å². The number of cyclic esters (lactones) is 1. The van der Waals surface area contributed by atoms with Crippen molar-refractivity contribution in [1.29, 1.82) is 0 Å². The van der Waals surface area contributed by atoms with Gasteiger partial charge in [0.2, 0.25) is 0 Å². The van der Waals surface area contributed by atoms with Gasteiger partial charge in [0.1, 0.15) is 18.2 Å². The second kappa shape index (κ2) is 4.44. The molecule has 3 nitrogen and oxygen atoms in total. The summed E-state index contributed by atoms with van der Waals surface area (Å²) in [5.41, 5.74) is 0.107. The third kappa shape index (κ3) is 2.36.